The Bertz CT molecular complexity index is 2300. The fraction of sp³-hybridized carbons (Fsp3) is 0.0476. The minimum absolute atomic E-state index is 0.396. The fourth-order valence-electron chi connectivity index (χ4n) is 7.70. The molecule has 0 unspecified atom stereocenters. The molecular weight excluding hydrogens is 518 g/mol. The number of hydrogen-bond donors (Lipinski definition) is 0. The van der Waals surface area contributed by atoms with Crippen LogP contribution in [0.5, 0.6) is 0 Å². The van der Waals surface area contributed by atoms with Crippen LogP contribution in [0.15, 0.2) is 158 Å². The Labute approximate surface area is 251 Å². The molecule has 43 heavy (non-hydrogen) atoms. The van der Waals surface area contributed by atoms with Crippen molar-refractivity contribution in [2.75, 3.05) is 0 Å². The maximum absolute atomic E-state index is 2.46. The van der Waals surface area contributed by atoms with Gasteiger partial charge in [-0.25, -0.2) is 0 Å². The van der Waals surface area contributed by atoms with Crippen molar-refractivity contribution in [3.8, 4) is 22.3 Å². The number of aromatic nitrogens is 1. The predicted octanol–water partition coefficient (Wildman–Crippen LogP) is 10.5. The summed E-state index contributed by atoms with van der Waals surface area (Å²) < 4.78 is 2.33. The Morgan fingerprint density at radius 1 is 0.419 bits per heavy atom. The summed E-state index contributed by atoms with van der Waals surface area (Å²) in [5, 5.41) is 5.15. The molecule has 0 radical (unpaired) electrons. The van der Waals surface area contributed by atoms with Crippen LogP contribution in [0.25, 0.3) is 54.8 Å². The van der Waals surface area contributed by atoms with E-state index < -0.39 is 5.41 Å². The highest BCUT2D eigenvalue weighted by Gasteiger charge is 2.46. The van der Waals surface area contributed by atoms with Gasteiger partial charge in [-0.2, -0.15) is 0 Å². The molecular formula is C42H29N. The fourth-order valence-corrected chi connectivity index (χ4v) is 7.70. The summed E-state index contributed by atoms with van der Waals surface area (Å²) in [6.45, 7) is 0. The molecule has 7 aromatic carbocycles. The van der Waals surface area contributed by atoms with E-state index in [0.717, 1.165) is 0 Å². The molecule has 0 aliphatic heterocycles. The average Bonchev–Trinajstić information content (AvgIpc) is 3.53. The lowest BCUT2D eigenvalue weighted by Gasteiger charge is -2.34. The van der Waals surface area contributed by atoms with Crippen molar-refractivity contribution >= 4 is 32.6 Å². The Morgan fingerprint density at radius 3 is 1.72 bits per heavy atom. The van der Waals surface area contributed by atoms with E-state index in [9.17, 15) is 0 Å². The van der Waals surface area contributed by atoms with Crippen LogP contribution in [0, 0.1) is 0 Å². The molecule has 0 atom stereocenters. The molecule has 0 amide bonds. The second-order valence-electron chi connectivity index (χ2n) is 11.8. The van der Waals surface area contributed by atoms with E-state index in [0.29, 0.717) is 0 Å². The first-order valence-corrected chi connectivity index (χ1v) is 15.0. The van der Waals surface area contributed by atoms with Crippen LogP contribution in [0.4, 0.5) is 0 Å². The molecule has 8 aromatic rings. The molecule has 1 aromatic heterocycles. The van der Waals surface area contributed by atoms with Crippen LogP contribution in [0.3, 0.4) is 0 Å². The van der Waals surface area contributed by atoms with Gasteiger partial charge in [0, 0.05) is 28.9 Å². The topological polar surface area (TPSA) is 4.93 Å². The lowest BCUT2D eigenvalue weighted by atomic mass is 9.67. The van der Waals surface area contributed by atoms with Gasteiger partial charge in [0.1, 0.15) is 0 Å². The number of hydrogen-bond acceptors (Lipinski definition) is 0. The van der Waals surface area contributed by atoms with Crippen LogP contribution >= 0.6 is 0 Å². The van der Waals surface area contributed by atoms with E-state index in [1.54, 1.807) is 0 Å². The maximum atomic E-state index is 2.46. The zero-order chi connectivity index (χ0) is 28.5. The number of aryl methyl sites for hydroxylation is 1. The molecule has 0 fully saturated rings. The summed E-state index contributed by atoms with van der Waals surface area (Å²) in [6.07, 6.45) is 0. The van der Waals surface area contributed by atoms with Crippen LogP contribution < -0.4 is 0 Å². The van der Waals surface area contributed by atoms with E-state index in [1.807, 2.05) is 0 Å². The molecule has 1 heteroatoms. The molecule has 0 saturated carbocycles. The van der Waals surface area contributed by atoms with Crippen molar-refractivity contribution in [3.05, 3.63) is 180 Å². The van der Waals surface area contributed by atoms with Crippen molar-refractivity contribution < 1.29 is 0 Å². The normalized spacial score (nSPS) is 13.4. The summed E-state index contributed by atoms with van der Waals surface area (Å²) in [6, 6.07) is 58.4. The van der Waals surface area contributed by atoms with Gasteiger partial charge in [-0.05, 0) is 85.6 Å². The molecule has 1 aliphatic carbocycles. The summed E-state index contributed by atoms with van der Waals surface area (Å²) in [4.78, 5) is 0. The standard InChI is InChI=1S/C42H29N/c1-43-40-23-21-30(25-36(40)37-24-28-12-8-9-13-29(28)27-41(37)43)31-20-22-35-34-18-10-11-19-38(34)42(39(35)26-31,32-14-4-2-5-15-32)33-16-6-3-7-17-33/h2-27H,1H3. The summed E-state index contributed by atoms with van der Waals surface area (Å²) in [5.41, 5.74) is 12.5. The minimum atomic E-state index is -0.396. The highest BCUT2D eigenvalue weighted by Crippen LogP contribution is 2.56. The maximum Gasteiger partial charge on any atom is 0.0713 e. The van der Waals surface area contributed by atoms with Crippen molar-refractivity contribution in [1.29, 1.82) is 0 Å². The average molecular weight is 548 g/mol. The third-order valence-electron chi connectivity index (χ3n) is 9.67. The van der Waals surface area contributed by atoms with Gasteiger partial charge in [0.2, 0.25) is 0 Å². The van der Waals surface area contributed by atoms with Crippen LogP contribution in [0.1, 0.15) is 22.3 Å². The first-order chi connectivity index (χ1) is 21.2. The van der Waals surface area contributed by atoms with Gasteiger partial charge in [-0.3, -0.25) is 0 Å². The van der Waals surface area contributed by atoms with Gasteiger partial charge in [0.25, 0.3) is 0 Å². The molecule has 0 saturated heterocycles. The van der Waals surface area contributed by atoms with Gasteiger partial charge in [0.15, 0.2) is 0 Å². The van der Waals surface area contributed by atoms with Crippen LogP contribution in [-0.2, 0) is 12.5 Å². The summed E-state index contributed by atoms with van der Waals surface area (Å²) in [5.74, 6) is 0. The predicted molar refractivity (Wildman–Crippen MR) is 181 cm³/mol. The van der Waals surface area contributed by atoms with Gasteiger partial charge in [0.05, 0.1) is 5.41 Å². The Kier molecular flexibility index (Phi) is 5.10. The minimum Gasteiger partial charge on any atom is -0.344 e. The number of fused-ring (bicyclic) bond motifs is 7. The highest BCUT2D eigenvalue weighted by molar-refractivity contribution is 6.13. The lowest BCUT2D eigenvalue weighted by molar-refractivity contribution is 0.769. The van der Waals surface area contributed by atoms with Gasteiger partial charge < -0.3 is 4.57 Å². The lowest BCUT2D eigenvalue weighted by Crippen LogP contribution is -2.28. The summed E-state index contributed by atoms with van der Waals surface area (Å²) >= 11 is 0. The second kappa shape index (κ2) is 9.05. The zero-order valence-electron chi connectivity index (χ0n) is 24.0. The SMILES string of the molecule is Cn1c2ccc(-c3ccc4c(c3)C(c3ccccc3)(c3ccccc3)c3ccccc3-4)cc2c2cc3ccccc3cc21. The quantitative estimate of drug-likeness (QED) is 0.207. The van der Waals surface area contributed by atoms with Crippen molar-refractivity contribution in [2.45, 2.75) is 5.41 Å². The molecule has 0 spiro atoms. The van der Waals surface area contributed by atoms with E-state index >= 15 is 0 Å². The number of rotatable bonds is 3. The largest absolute Gasteiger partial charge is 0.344 e. The molecule has 0 N–H and O–H groups in total. The number of benzene rings is 7. The highest BCUT2D eigenvalue weighted by atomic mass is 14.9. The van der Waals surface area contributed by atoms with Crippen LogP contribution in [-0.4, -0.2) is 4.57 Å². The molecule has 1 aliphatic rings. The molecule has 1 nitrogen and oxygen atoms in total. The first kappa shape index (κ1) is 24.2. The Morgan fingerprint density at radius 2 is 0.977 bits per heavy atom. The second-order valence-corrected chi connectivity index (χ2v) is 11.8. The molecule has 0 bridgehead atoms. The summed E-state index contributed by atoms with van der Waals surface area (Å²) in [7, 11) is 2.18. The van der Waals surface area contributed by atoms with Gasteiger partial charge in [-0.1, -0.05) is 127 Å². The van der Waals surface area contributed by atoms with Crippen molar-refractivity contribution in [2.24, 2.45) is 7.05 Å². The van der Waals surface area contributed by atoms with Crippen molar-refractivity contribution in [3.63, 3.8) is 0 Å². The van der Waals surface area contributed by atoms with Gasteiger partial charge in [-0.15, -0.1) is 0 Å². The van der Waals surface area contributed by atoms with E-state index in [4.69, 9.17) is 0 Å². The Hall–Kier alpha value is -5.40. The number of nitrogens with zero attached hydrogens (tertiary/aromatic N) is 1. The van der Waals surface area contributed by atoms with Crippen LogP contribution in [0.2, 0.25) is 0 Å². The van der Waals surface area contributed by atoms with Crippen molar-refractivity contribution in [1.82, 2.24) is 4.57 Å². The first-order valence-electron chi connectivity index (χ1n) is 15.0. The third-order valence-corrected chi connectivity index (χ3v) is 9.67. The van der Waals surface area contributed by atoms with E-state index in [1.165, 1.54) is 77.1 Å². The third kappa shape index (κ3) is 3.34. The molecule has 202 valence electrons. The van der Waals surface area contributed by atoms with E-state index in [-0.39, 0.29) is 0 Å². The molecule has 1 heterocycles. The van der Waals surface area contributed by atoms with Gasteiger partial charge >= 0.3 is 0 Å². The zero-order valence-corrected chi connectivity index (χ0v) is 24.0. The molecule has 9 rings (SSSR count). The monoisotopic (exact) mass is 547 g/mol. The Balaban J connectivity index is 1.31. The van der Waals surface area contributed by atoms with E-state index in [2.05, 4.69) is 169 Å². The smallest absolute Gasteiger partial charge is 0.0713 e.